The fourth-order valence-electron chi connectivity index (χ4n) is 8.64. The molecule has 0 radical (unpaired) electrons. The number of hydrogen-bond donors (Lipinski definition) is 0. The first kappa shape index (κ1) is 48.8. The molecule has 0 N–H and O–H groups in total. The molecule has 9 rings (SSSR count). The Morgan fingerprint density at radius 1 is 0.348 bits per heavy atom. The summed E-state index contributed by atoms with van der Waals surface area (Å²) >= 11 is 0. The summed E-state index contributed by atoms with van der Waals surface area (Å²) in [5.74, 6) is -41.1. The van der Waals surface area contributed by atoms with Crippen LogP contribution in [0.1, 0.15) is 11.1 Å². The molecule has 0 saturated carbocycles. The summed E-state index contributed by atoms with van der Waals surface area (Å²) in [5, 5.41) is -2.62. The highest BCUT2D eigenvalue weighted by molar-refractivity contribution is 8.09. The minimum Gasteiger partial charge on any atom is -0.498 e. The molecule has 0 atom stereocenters. The van der Waals surface area contributed by atoms with Crippen LogP contribution >= 0.6 is 15.2 Å². The Morgan fingerprint density at radius 3 is 0.971 bits per heavy atom. The third-order valence-corrected chi connectivity index (χ3v) is 19.5. The van der Waals surface area contributed by atoms with Crippen molar-refractivity contribution in [1.29, 1.82) is 0 Å². The lowest BCUT2D eigenvalue weighted by Gasteiger charge is -2.39. The third kappa shape index (κ3) is 7.72. The fourth-order valence-corrected chi connectivity index (χ4v) is 18.1. The van der Waals surface area contributed by atoms with E-state index in [0.717, 1.165) is 0 Å². The topological polar surface area (TPSA) is 0 Å². The van der Waals surface area contributed by atoms with Gasteiger partial charge in [-0.2, -0.15) is 4.39 Å². The van der Waals surface area contributed by atoms with Gasteiger partial charge in [0.15, 0.2) is 51.8 Å². The molecule has 1 heterocycles. The maximum absolute atomic E-state index is 19.9. The molecule has 0 fully saturated rings. The van der Waals surface area contributed by atoms with Gasteiger partial charge in [-0.25, -0.2) is 57.1 Å². The number of rotatable bonds is 8. The van der Waals surface area contributed by atoms with Crippen LogP contribution < -0.4 is 37.4 Å². The van der Waals surface area contributed by atoms with Crippen LogP contribution in [0.2, 0.25) is 0 Å². The Labute approximate surface area is 385 Å². The molecular formula is C51H28BF15P2. The first-order valence-corrected chi connectivity index (χ1v) is 23.5. The highest BCUT2D eigenvalue weighted by atomic mass is 31.2. The maximum Gasteiger partial charge on any atom is 0.250 e. The van der Waals surface area contributed by atoms with Crippen LogP contribution in [0.5, 0.6) is 0 Å². The molecule has 69 heavy (non-hydrogen) atoms. The summed E-state index contributed by atoms with van der Waals surface area (Å²) < 4.78 is 244. The Hall–Kier alpha value is -6.63. The average molecular weight is 999 g/mol. The molecule has 0 amide bonds. The molecule has 0 aliphatic carbocycles. The third-order valence-electron chi connectivity index (χ3n) is 11.6. The van der Waals surface area contributed by atoms with Crippen molar-refractivity contribution in [2.24, 2.45) is 0 Å². The lowest BCUT2D eigenvalue weighted by atomic mass is 9.29. The highest BCUT2D eigenvalue weighted by Crippen LogP contribution is 2.78. The summed E-state index contributed by atoms with van der Waals surface area (Å²) in [4.78, 5) is 0. The van der Waals surface area contributed by atoms with Crippen LogP contribution in [0.15, 0.2) is 157 Å². The summed E-state index contributed by atoms with van der Waals surface area (Å²) in [6, 6.07) is 37.0. The fraction of sp³-hybridized carbons (Fsp3) is 0.0196. The smallest absolute Gasteiger partial charge is 0.250 e. The van der Waals surface area contributed by atoms with Crippen molar-refractivity contribution in [3.63, 3.8) is 0 Å². The molecule has 0 unspecified atom stereocenters. The second kappa shape index (κ2) is 19.0. The maximum atomic E-state index is 19.9. The van der Waals surface area contributed by atoms with Gasteiger partial charge in [-0.1, -0.05) is 144 Å². The van der Waals surface area contributed by atoms with Crippen molar-refractivity contribution in [3.05, 3.63) is 249 Å². The van der Waals surface area contributed by atoms with E-state index in [2.05, 4.69) is 19.1 Å². The van der Waals surface area contributed by atoms with E-state index in [-0.39, 0.29) is 21.2 Å². The number of halogens is 15. The van der Waals surface area contributed by atoms with Gasteiger partial charge < -0.3 is 4.32 Å². The highest BCUT2D eigenvalue weighted by Gasteiger charge is 2.65. The number of benzene rings is 8. The van der Waals surface area contributed by atoms with Gasteiger partial charge in [0.05, 0.1) is 5.06 Å². The van der Waals surface area contributed by atoms with Crippen LogP contribution in [0, 0.1) is 88.4 Å². The van der Waals surface area contributed by atoms with Crippen LogP contribution in [0.25, 0.3) is 5.47 Å². The lowest BCUT2D eigenvalue weighted by Crippen LogP contribution is -2.62. The van der Waals surface area contributed by atoms with E-state index in [1.807, 2.05) is 18.2 Å². The second-order valence-corrected chi connectivity index (χ2v) is 21.2. The standard InChI is InChI=1S/C44H20BF15P2.C7H8/c46-29-25-26(45(60,27-30(47)35(52)39(56)36(53)31(27)48)28-32(49)37(54)40(57)38(55)33(28)50)44(61(21-13-5-1-6-14-21)22-15-7-2-8-16-22)62(23-17-9-3-10-18-23,24-19-11-4-12-20-24)43(25)42(59)41(58)34(29)51;1-7-5-3-2-4-6-7/h1-20H;2-6H,1H3. The molecule has 0 nitrogen and oxygen atoms in total. The monoisotopic (exact) mass is 998 g/mol. The molecule has 350 valence electrons. The van der Waals surface area contributed by atoms with Crippen LogP contribution in [-0.4, -0.2) is 6.42 Å². The van der Waals surface area contributed by atoms with Crippen molar-refractivity contribution in [2.45, 2.75) is 6.92 Å². The Bertz CT molecular complexity index is 3080. The van der Waals surface area contributed by atoms with Crippen molar-refractivity contribution >= 4 is 64.5 Å². The molecule has 0 saturated heterocycles. The Morgan fingerprint density at radius 2 is 0.638 bits per heavy atom. The van der Waals surface area contributed by atoms with Gasteiger partial charge in [0.1, 0.15) is 41.1 Å². The lowest BCUT2D eigenvalue weighted by molar-refractivity contribution is 0.380. The van der Waals surface area contributed by atoms with E-state index in [0.29, 0.717) is 0 Å². The Kier molecular flexibility index (Phi) is 13.5. The van der Waals surface area contributed by atoms with E-state index < -0.39 is 135 Å². The first-order valence-electron chi connectivity index (χ1n) is 20.3. The van der Waals surface area contributed by atoms with Gasteiger partial charge in [-0.3, -0.25) is 0 Å². The molecule has 0 bridgehead atoms. The predicted molar refractivity (Wildman–Crippen MR) is 241 cm³/mol. The summed E-state index contributed by atoms with van der Waals surface area (Å²) in [5.41, 5.74) is -8.31. The molecule has 0 aromatic heterocycles. The van der Waals surface area contributed by atoms with Crippen molar-refractivity contribution < 1.29 is 65.8 Å². The zero-order valence-corrected chi connectivity index (χ0v) is 36.9. The van der Waals surface area contributed by atoms with E-state index in [9.17, 15) is 8.78 Å². The molecule has 1 aliphatic heterocycles. The van der Waals surface area contributed by atoms with Crippen molar-refractivity contribution in [2.75, 3.05) is 0 Å². The van der Waals surface area contributed by atoms with Gasteiger partial charge in [0.2, 0.25) is 11.6 Å². The number of fused-ring (bicyclic) bond motifs is 1. The average Bonchev–Trinajstić information content (AvgIpc) is 3.69. The minimum atomic E-state index is -6.69. The molecule has 8 aromatic carbocycles. The Balaban J connectivity index is 0.000000842. The van der Waals surface area contributed by atoms with Crippen molar-refractivity contribution in [1.82, 2.24) is 0 Å². The normalized spacial score (nSPS) is 13.1. The quantitative estimate of drug-likeness (QED) is 0.0468. The summed E-state index contributed by atoms with van der Waals surface area (Å²) in [6.45, 7) is 2.08. The van der Waals surface area contributed by atoms with E-state index in [1.54, 1.807) is 0 Å². The zero-order chi connectivity index (χ0) is 49.7. The van der Waals surface area contributed by atoms with Gasteiger partial charge in [0, 0.05) is 13.5 Å². The molecule has 1 aliphatic rings. The van der Waals surface area contributed by atoms with Crippen LogP contribution in [0.4, 0.5) is 65.8 Å². The molecule has 0 spiro atoms. The van der Waals surface area contributed by atoms with Gasteiger partial charge >= 0.3 is 0 Å². The van der Waals surface area contributed by atoms with E-state index >= 15 is 57.0 Å². The van der Waals surface area contributed by atoms with Crippen LogP contribution in [-0.2, 0) is 0 Å². The van der Waals surface area contributed by atoms with Gasteiger partial charge in [-0.15, -0.1) is 5.47 Å². The van der Waals surface area contributed by atoms with E-state index in [4.69, 9.17) is 0 Å². The SMILES string of the molecule is Cc1ccccc1.Fc1c(F)c(F)c([B-](F)(C2=C(P(c3ccccc3)c3ccccc3)[P+](c3ccccc3)(c3ccccc3)c3c(F)c(F)c(F)c(F)c32)c2c(F)c(F)c(F)c(F)c2F)c(F)c1F. The zero-order valence-electron chi connectivity index (χ0n) is 35.1. The first-order chi connectivity index (χ1) is 32.9. The van der Waals surface area contributed by atoms with Crippen molar-refractivity contribution in [3.8, 4) is 0 Å². The largest absolute Gasteiger partial charge is 0.498 e. The minimum absolute atomic E-state index is 0.0139. The van der Waals surface area contributed by atoms with Gasteiger partial charge in [0.25, 0.3) is 6.42 Å². The summed E-state index contributed by atoms with van der Waals surface area (Å²) in [7, 11) is -7.85. The number of hydrogen-bond acceptors (Lipinski definition) is 0. The van der Waals surface area contributed by atoms with Crippen LogP contribution in [0.3, 0.4) is 0 Å². The number of aryl methyl sites for hydroxylation is 1. The summed E-state index contributed by atoms with van der Waals surface area (Å²) in [6.07, 6.45) is -6.69. The molecule has 18 heteroatoms. The second-order valence-electron chi connectivity index (χ2n) is 15.4. The predicted octanol–water partition coefficient (Wildman–Crippen LogP) is 12.0. The molecular weight excluding hydrogens is 970 g/mol. The van der Waals surface area contributed by atoms with Gasteiger partial charge in [-0.05, 0) is 41.8 Å². The molecule has 8 aromatic rings. The van der Waals surface area contributed by atoms with E-state index in [1.165, 1.54) is 127 Å².